The summed E-state index contributed by atoms with van der Waals surface area (Å²) in [4.78, 5) is 0.0652. The van der Waals surface area contributed by atoms with Gasteiger partial charge >= 0.3 is 0 Å². The average molecular weight is 363 g/mol. The molecule has 3 rings (SSSR count). The molecule has 20 heavy (non-hydrogen) atoms. The number of ether oxygens (including phenoxy) is 2. The summed E-state index contributed by atoms with van der Waals surface area (Å²) in [7, 11) is -4.25. The lowest BCUT2D eigenvalue weighted by molar-refractivity contribution is 0.0709. The number of hydrogen-bond acceptors (Lipinski definition) is 4. The first-order valence-electron chi connectivity index (χ1n) is 6.33. The molecule has 4 atom stereocenters. The Labute approximate surface area is 126 Å². The molecule has 2 aliphatic rings. The Morgan fingerprint density at radius 3 is 2.65 bits per heavy atom. The number of benzene rings is 1. The number of fused-ring (bicyclic) bond motifs is 1. The monoisotopic (exact) mass is 362 g/mol. The summed E-state index contributed by atoms with van der Waals surface area (Å²) in [5.41, 5.74) is 1.51. The van der Waals surface area contributed by atoms with Gasteiger partial charge in [-0.05, 0) is 18.6 Å². The summed E-state index contributed by atoms with van der Waals surface area (Å²) in [6, 6.07) is 4.89. The van der Waals surface area contributed by atoms with Gasteiger partial charge in [0.2, 0.25) is 0 Å². The molecule has 0 spiro atoms. The molecule has 0 aliphatic carbocycles. The largest absolute Gasteiger partial charge is 0.373 e. The van der Waals surface area contributed by atoms with E-state index in [2.05, 4.69) is 15.9 Å². The number of rotatable bonds is 2. The second kappa shape index (κ2) is 5.06. The van der Waals surface area contributed by atoms with Crippen LogP contribution in [0.25, 0.3) is 0 Å². The lowest BCUT2D eigenvalue weighted by Gasteiger charge is -2.19. The van der Waals surface area contributed by atoms with Crippen molar-refractivity contribution in [2.45, 2.75) is 34.8 Å². The van der Waals surface area contributed by atoms with Gasteiger partial charge in [0.1, 0.15) is 0 Å². The summed E-state index contributed by atoms with van der Waals surface area (Å²) >= 11 is 3.50. The number of halogens is 1. The minimum Gasteiger partial charge on any atom is -0.373 e. The molecule has 1 aromatic carbocycles. The van der Waals surface area contributed by atoms with Crippen molar-refractivity contribution in [3.63, 3.8) is 0 Å². The predicted molar refractivity (Wildman–Crippen MR) is 75.9 cm³/mol. The van der Waals surface area contributed by atoms with Crippen molar-refractivity contribution in [1.29, 1.82) is 0 Å². The lowest BCUT2D eigenvalue weighted by Crippen LogP contribution is -2.26. The van der Waals surface area contributed by atoms with Crippen LogP contribution in [0.15, 0.2) is 23.1 Å². The zero-order valence-electron chi connectivity index (χ0n) is 10.8. The molecule has 0 amide bonds. The molecule has 2 fully saturated rings. The van der Waals surface area contributed by atoms with Crippen LogP contribution in [-0.4, -0.2) is 43.2 Å². The topological polar surface area (TPSA) is 72.8 Å². The van der Waals surface area contributed by atoms with Crippen molar-refractivity contribution >= 4 is 26.0 Å². The maximum atomic E-state index is 11.5. The first-order valence-corrected chi connectivity index (χ1v) is 8.69. The number of hydrogen-bond donors (Lipinski definition) is 1. The summed E-state index contributed by atoms with van der Waals surface area (Å²) in [6.07, 6.45) is -0.253. The van der Waals surface area contributed by atoms with Crippen LogP contribution >= 0.6 is 15.9 Å². The van der Waals surface area contributed by atoms with Gasteiger partial charge in [-0.2, -0.15) is 8.42 Å². The number of aryl methyl sites for hydroxylation is 1. The number of alkyl halides is 1. The molecule has 0 unspecified atom stereocenters. The average Bonchev–Trinajstić information content (AvgIpc) is 2.91. The van der Waals surface area contributed by atoms with E-state index in [1.165, 1.54) is 6.07 Å². The standard InChI is InChI=1S/C13H15BrO5S/c1-7-2-3-11(20(15,16)17)8(4-7)9-5-18-13-10(14)6-19-12(9)13/h2-4,9-10,12-13H,5-6H2,1H3,(H,15,16,17)/t9-,10+,12+,13-/m1/s1. The van der Waals surface area contributed by atoms with Gasteiger partial charge in [0.25, 0.3) is 10.1 Å². The molecule has 2 heterocycles. The summed E-state index contributed by atoms with van der Waals surface area (Å²) in [5, 5.41) is 0. The van der Waals surface area contributed by atoms with E-state index in [4.69, 9.17) is 9.47 Å². The highest BCUT2D eigenvalue weighted by Gasteiger charge is 2.48. The first-order chi connectivity index (χ1) is 9.38. The first kappa shape index (κ1) is 14.5. The zero-order valence-corrected chi connectivity index (χ0v) is 13.2. The smallest absolute Gasteiger partial charge is 0.294 e. The van der Waals surface area contributed by atoms with Gasteiger partial charge < -0.3 is 9.47 Å². The maximum absolute atomic E-state index is 11.5. The third-order valence-corrected chi connectivity index (χ3v) is 5.55. The lowest BCUT2D eigenvalue weighted by atomic mass is 9.92. The molecule has 0 saturated carbocycles. The Kier molecular flexibility index (Phi) is 3.66. The fourth-order valence-electron chi connectivity index (χ4n) is 2.91. The predicted octanol–water partition coefficient (Wildman–Crippen LogP) is 1.89. The minimum absolute atomic E-state index is 0.0565. The van der Waals surface area contributed by atoms with E-state index < -0.39 is 10.1 Å². The molecule has 1 aromatic rings. The zero-order chi connectivity index (χ0) is 14.5. The Balaban J connectivity index is 2.04. The third-order valence-electron chi connectivity index (χ3n) is 3.84. The molecule has 0 aromatic heterocycles. The highest BCUT2D eigenvalue weighted by molar-refractivity contribution is 9.09. The Morgan fingerprint density at radius 2 is 1.95 bits per heavy atom. The van der Waals surface area contributed by atoms with Gasteiger partial charge in [0.15, 0.2) is 0 Å². The van der Waals surface area contributed by atoms with Gasteiger partial charge in [0, 0.05) is 5.92 Å². The van der Waals surface area contributed by atoms with Gasteiger partial charge in [-0.1, -0.05) is 33.6 Å². The summed E-state index contributed by atoms with van der Waals surface area (Å²) in [6.45, 7) is 2.82. The molecule has 7 heteroatoms. The highest BCUT2D eigenvalue weighted by atomic mass is 79.9. The van der Waals surface area contributed by atoms with Crippen LogP contribution in [0.1, 0.15) is 17.0 Å². The molecule has 1 N–H and O–H groups in total. The fourth-order valence-corrected chi connectivity index (χ4v) is 4.27. The van der Waals surface area contributed by atoms with E-state index in [1.807, 2.05) is 6.92 Å². The molecule has 5 nitrogen and oxygen atoms in total. The van der Waals surface area contributed by atoms with E-state index >= 15 is 0 Å². The van der Waals surface area contributed by atoms with E-state index in [0.717, 1.165) is 5.56 Å². The molecular formula is C13H15BrO5S. The van der Waals surface area contributed by atoms with Crippen molar-refractivity contribution in [2.24, 2.45) is 0 Å². The van der Waals surface area contributed by atoms with Crippen LogP contribution in [0.4, 0.5) is 0 Å². The van der Waals surface area contributed by atoms with E-state index in [9.17, 15) is 13.0 Å². The van der Waals surface area contributed by atoms with Crippen LogP contribution in [0.3, 0.4) is 0 Å². The Morgan fingerprint density at radius 1 is 1.25 bits per heavy atom. The Bertz CT molecular complexity index is 630. The van der Waals surface area contributed by atoms with Crippen molar-refractivity contribution in [1.82, 2.24) is 0 Å². The van der Waals surface area contributed by atoms with Crippen molar-refractivity contribution in [3.05, 3.63) is 29.3 Å². The van der Waals surface area contributed by atoms with Gasteiger partial charge in [-0.25, -0.2) is 0 Å². The second-order valence-corrected chi connectivity index (χ2v) is 7.80. The SMILES string of the molecule is Cc1ccc(S(=O)(=O)O)c([C@H]2CO[C@H]3[C@H]2OC[C@@H]3Br)c1. The van der Waals surface area contributed by atoms with E-state index in [1.54, 1.807) is 12.1 Å². The third kappa shape index (κ3) is 2.42. The highest BCUT2D eigenvalue weighted by Crippen LogP contribution is 2.41. The van der Waals surface area contributed by atoms with Gasteiger partial charge in [-0.3, -0.25) is 4.55 Å². The van der Waals surface area contributed by atoms with Gasteiger partial charge in [-0.15, -0.1) is 0 Å². The molecule has 2 aliphatic heterocycles. The van der Waals surface area contributed by atoms with Crippen LogP contribution in [0.2, 0.25) is 0 Å². The summed E-state index contributed by atoms with van der Waals surface area (Å²) < 4.78 is 43.9. The van der Waals surface area contributed by atoms with Crippen molar-refractivity contribution in [2.75, 3.05) is 13.2 Å². The van der Waals surface area contributed by atoms with Crippen LogP contribution in [-0.2, 0) is 19.6 Å². The molecular weight excluding hydrogens is 348 g/mol. The van der Waals surface area contributed by atoms with Crippen LogP contribution in [0.5, 0.6) is 0 Å². The molecule has 2 saturated heterocycles. The molecule has 0 bridgehead atoms. The molecule has 110 valence electrons. The normalized spacial score (nSPS) is 33.4. The van der Waals surface area contributed by atoms with Crippen LogP contribution < -0.4 is 0 Å². The van der Waals surface area contributed by atoms with E-state index in [-0.39, 0.29) is 27.8 Å². The summed E-state index contributed by atoms with van der Waals surface area (Å²) in [5.74, 6) is -0.181. The van der Waals surface area contributed by atoms with Crippen molar-refractivity contribution in [3.8, 4) is 0 Å². The minimum atomic E-state index is -4.25. The molecule has 0 radical (unpaired) electrons. The van der Waals surface area contributed by atoms with Crippen molar-refractivity contribution < 1.29 is 22.4 Å². The van der Waals surface area contributed by atoms with E-state index in [0.29, 0.717) is 18.8 Å². The van der Waals surface area contributed by atoms with Gasteiger partial charge in [0.05, 0.1) is 35.1 Å². The van der Waals surface area contributed by atoms with Crippen LogP contribution in [0, 0.1) is 6.92 Å². The Hall–Kier alpha value is -0.470. The fraction of sp³-hybridized carbons (Fsp3) is 0.538. The quantitative estimate of drug-likeness (QED) is 0.642. The second-order valence-electron chi connectivity index (χ2n) is 5.23. The maximum Gasteiger partial charge on any atom is 0.294 e.